The number of hydrogen-bond acceptors (Lipinski definition) is 5. The average molecular weight is 275 g/mol. The molecule has 0 fully saturated rings. The zero-order chi connectivity index (χ0) is 14.5. The zero-order valence-corrected chi connectivity index (χ0v) is 10.1. The smallest absolute Gasteiger partial charge is 0.339 e. The molecule has 2 rings (SSSR count). The van der Waals surface area contributed by atoms with Crippen molar-refractivity contribution in [1.82, 2.24) is 0 Å². The molecule has 0 spiro atoms. The van der Waals surface area contributed by atoms with Gasteiger partial charge >= 0.3 is 11.7 Å². The first-order valence-corrected chi connectivity index (χ1v) is 5.50. The van der Waals surface area contributed by atoms with Crippen molar-refractivity contribution < 1.29 is 24.6 Å². The van der Waals surface area contributed by atoms with E-state index in [4.69, 9.17) is 14.9 Å². The predicted octanol–water partition coefficient (Wildman–Crippen LogP) is 2.67. The van der Waals surface area contributed by atoms with Crippen LogP contribution in [0.15, 0.2) is 48.5 Å². The molecule has 0 aliphatic rings. The number of carboxylic acids is 1. The van der Waals surface area contributed by atoms with E-state index in [2.05, 4.69) is 0 Å². The van der Waals surface area contributed by atoms with Crippen molar-refractivity contribution in [3.63, 3.8) is 0 Å². The first-order chi connectivity index (χ1) is 9.59. The van der Waals surface area contributed by atoms with Gasteiger partial charge in [0, 0.05) is 6.07 Å². The number of para-hydroxylation sites is 2. The summed E-state index contributed by atoms with van der Waals surface area (Å²) in [5.74, 6) is -1.50. The third-order valence-corrected chi connectivity index (χ3v) is 2.39. The Morgan fingerprint density at radius 1 is 1.05 bits per heavy atom. The largest absolute Gasteiger partial charge is 0.478 e. The molecule has 0 atom stereocenters. The van der Waals surface area contributed by atoms with Crippen molar-refractivity contribution in [2.24, 2.45) is 0 Å². The number of carbonyl (C=O) groups is 1. The van der Waals surface area contributed by atoms with E-state index in [0.29, 0.717) is 5.75 Å². The lowest BCUT2D eigenvalue weighted by atomic mass is 10.2. The number of benzene rings is 2. The molecule has 0 radical (unpaired) electrons. The number of nitro groups is 1. The quantitative estimate of drug-likeness (QED) is 0.511. The van der Waals surface area contributed by atoms with Crippen LogP contribution in [0.3, 0.4) is 0 Å². The van der Waals surface area contributed by atoms with Crippen molar-refractivity contribution in [2.75, 3.05) is 0 Å². The molecule has 7 nitrogen and oxygen atoms in total. The van der Waals surface area contributed by atoms with E-state index in [-0.39, 0.29) is 5.56 Å². The number of hydrogen-bond donors (Lipinski definition) is 1. The fourth-order valence-corrected chi connectivity index (χ4v) is 1.49. The molecule has 2 aromatic rings. The van der Waals surface area contributed by atoms with Crippen LogP contribution in [0.5, 0.6) is 11.5 Å². The van der Waals surface area contributed by atoms with Crippen LogP contribution >= 0.6 is 0 Å². The van der Waals surface area contributed by atoms with Crippen molar-refractivity contribution in [1.29, 1.82) is 0 Å². The van der Waals surface area contributed by atoms with Crippen LogP contribution in [-0.4, -0.2) is 16.0 Å². The van der Waals surface area contributed by atoms with Gasteiger partial charge in [-0.1, -0.05) is 24.3 Å². The fraction of sp³-hybridized carbons (Fsp3) is 0. The molecule has 1 N–H and O–H groups in total. The van der Waals surface area contributed by atoms with E-state index < -0.39 is 22.3 Å². The van der Waals surface area contributed by atoms with Gasteiger partial charge in [0.15, 0.2) is 5.75 Å². The Morgan fingerprint density at radius 3 is 2.35 bits per heavy atom. The molecule has 20 heavy (non-hydrogen) atoms. The average Bonchev–Trinajstić information content (AvgIpc) is 2.45. The topological polar surface area (TPSA) is 98.9 Å². The maximum Gasteiger partial charge on any atom is 0.339 e. The summed E-state index contributed by atoms with van der Waals surface area (Å²) in [5, 5.41) is 19.9. The summed E-state index contributed by atoms with van der Waals surface area (Å²) in [7, 11) is 0. The fourth-order valence-electron chi connectivity index (χ4n) is 1.49. The van der Waals surface area contributed by atoms with Gasteiger partial charge in [-0.15, -0.1) is 0 Å². The molecule has 0 amide bonds. The monoisotopic (exact) mass is 275 g/mol. The Kier molecular flexibility index (Phi) is 3.80. The molecular weight excluding hydrogens is 266 g/mol. The maximum atomic E-state index is 11.0. The second-order valence-electron chi connectivity index (χ2n) is 3.70. The Bertz CT molecular complexity index is 608. The zero-order valence-electron chi connectivity index (χ0n) is 10.1. The lowest BCUT2D eigenvalue weighted by molar-refractivity contribution is -0.387. The van der Waals surface area contributed by atoms with E-state index in [0.717, 1.165) is 6.07 Å². The molecule has 2 aromatic carbocycles. The summed E-state index contributed by atoms with van der Waals surface area (Å²) in [6, 6.07) is 11.8. The van der Waals surface area contributed by atoms with Crippen LogP contribution in [0.4, 0.5) is 5.69 Å². The van der Waals surface area contributed by atoms with Crippen LogP contribution in [0.25, 0.3) is 0 Å². The third-order valence-electron chi connectivity index (χ3n) is 2.39. The molecule has 0 aliphatic heterocycles. The molecule has 102 valence electrons. The van der Waals surface area contributed by atoms with Gasteiger partial charge in [0.05, 0.1) is 4.92 Å². The lowest BCUT2D eigenvalue weighted by Gasteiger charge is -2.08. The highest BCUT2D eigenvalue weighted by atomic mass is 17.2. The normalized spacial score (nSPS) is 9.80. The van der Waals surface area contributed by atoms with Gasteiger partial charge in [0.2, 0.25) is 0 Å². The Balaban J connectivity index is 2.33. The predicted molar refractivity (Wildman–Crippen MR) is 67.8 cm³/mol. The van der Waals surface area contributed by atoms with Crippen molar-refractivity contribution in [3.05, 3.63) is 64.2 Å². The van der Waals surface area contributed by atoms with E-state index in [9.17, 15) is 14.9 Å². The van der Waals surface area contributed by atoms with Gasteiger partial charge in [0.1, 0.15) is 5.56 Å². The molecule has 0 saturated carbocycles. The second-order valence-corrected chi connectivity index (χ2v) is 3.70. The summed E-state index contributed by atoms with van der Waals surface area (Å²) in [6.07, 6.45) is 0. The van der Waals surface area contributed by atoms with E-state index in [1.54, 1.807) is 30.3 Å². The van der Waals surface area contributed by atoms with Gasteiger partial charge in [-0.3, -0.25) is 19.9 Å². The minimum absolute atomic E-state index is 0.294. The first kappa shape index (κ1) is 13.3. The summed E-state index contributed by atoms with van der Waals surface area (Å²) >= 11 is 0. The van der Waals surface area contributed by atoms with Crippen molar-refractivity contribution >= 4 is 11.7 Å². The number of rotatable bonds is 5. The van der Waals surface area contributed by atoms with Gasteiger partial charge in [-0.25, -0.2) is 4.79 Å². The van der Waals surface area contributed by atoms with Gasteiger partial charge in [0.25, 0.3) is 5.75 Å². The van der Waals surface area contributed by atoms with Crippen LogP contribution in [0, 0.1) is 10.1 Å². The maximum absolute atomic E-state index is 11.0. The minimum atomic E-state index is -1.35. The molecule has 0 saturated heterocycles. The van der Waals surface area contributed by atoms with Crippen LogP contribution in [0.2, 0.25) is 0 Å². The molecule has 0 aliphatic carbocycles. The van der Waals surface area contributed by atoms with Crippen molar-refractivity contribution in [3.8, 4) is 11.5 Å². The third kappa shape index (κ3) is 2.83. The van der Waals surface area contributed by atoms with E-state index in [1.807, 2.05) is 0 Å². The summed E-state index contributed by atoms with van der Waals surface area (Å²) < 4.78 is 0. The van der Waals surface area contributed by atoms with Crippen LogP contribution in [-0.2, 0) is 0 Å². The van der Waals surface area contributed by atoms with E-state index in [1.165, 1.54) is 12.1 Å². The Labute approximate surface area is 113 Å². The molecule has 0 unspecified atom stereocenters. The summed E-state index contributed by atoms with van der Waals surface area (Å²) in [5.41, 5.74) is -0.837. The number of nitro benzene ring substituents is 1. The Morgan fingerprint density at radius 2 is 1.75 bits per heavy atom. The highest BCUT2D eigenvalue weighted by Gasteiger charge is 2.24. The Hall–Kier alpha value is -3.09. The van der Waals surface area contributed by atoms with Gasteiger partial charge in [-0.05, 0) is 18.2 Å². The van der Waals surface area contributed by atoms with Gasteiger partial charge in [-0.2, -0.15) is 0 Å². The van der Waals surface area contributed by atoms with Gasteiger partial charge < -0.3 is 5.11 Å². The lowest BCUT2D eigenvalue weighted by Crippen LogP contribution is -2.08. The molecule has 7 heteroatoms. The first-order valence-electron chi connectivity index (χ1n) is 5.50. The summed E-state index contributed by atoms with van der Waals surface area (Å²) in [4.78, 5) is 31.0. The van der Waals surface area contributed by atoms with Crippen LogP contribution in [0.1, 0.15) is 10.4 Å². The van der Waals surface area contributed by atoms with E-state index >= 15 is 0 Å². The highest BCUT2D eigenvalue weighted by Crippen LogP contribution is 2.31. The summed E-state index contributed by atoms with van der Waals surface area (Å²) in [6.45, 7) is 0. The van der Waals surface area contributed by atoms with Crippen molar-refractivity contribution in [2.45, 2.75) is 0 Å². The molecule has 0 aromatic heterocycles. The standard InChI is InChI=1S/C13H9NO6/c15-13(16)10-7-4-8-11(14(17)18)12(10)20-19-9-5-2-1-3-6-9/h1-8H,(H,15,16). The second kappa shape index (κ2) is 5.70. The number of carboxylic acid groups (broad SMARTS) is 1. The van der Waals surface area contributed by atoms with Crippen LogP contribution < -0.4 is 9.78 Å². The minimum Gasteiger partial charge on any atom is -0.478 e. The molecule has 0 heterocycles. The highest BCUT2D eigenvalue weighted by molar-refractivity contribution is 5.92. The molecular formula is C13H9NO6. The number of nitrogens with zero attached hydrogens (tertiary/aromatic N) is 1. The number of aromatic carboxylic acids is 1. The molecule has 0 bridgehead atoms. The SMILES string of the molecule is O=C(O)c1cccc([N+](=O)[O-])c1OOc1ccccc1.